The molecule has 0 bridgehead atoms. The highest BCUT2D eigenvalue weighted by atomic mass is 16.3. The molecule has 16 heavy (non-hydrogen) atoms. The van der Waals surface area contributed by atoms with Crippen molar-refractivity contribution < 1.29 is 9.90 Å². The number of hydrogen-bond donors (Lipinski definition) is 1. The van der Waals surface area contributed by atoms with E-state index in [0.717, 1.165) is 12.8 Å². The molecule has 1 fully saturated rings. The first-order valence-electron chi connectivity index (χ1n) is 5.56. The smallest absolute Gasteiger partial charge is 0.254 e. The van der Waals surface area contributed by atoms with Crippen LogP contribution in [0.3, 0.4) is 0 Å². The van der Waals surface area contributed by atoms with Crippen molar-refractivity contribution in [1.82, 2.24) is 9.88 Å². The third kappa shape index (κ3) is 2.07. The van der Waals surface area contributed by atoms with Gasteiger partial charge in [-0.05, 0) is 18.6 Å². The van der Waals surface area contributed by atoms with Crippen molar-refractivity contribution in [3.05, 3.63) is 30.1 Å². The SMILES string of the molecule is CCCC1(O)CN(C(=O)c2ccncc2)C1. The van der Waals surface area contributed by atoms with Crippen molar-refractivity contribution in [2.45, 2.75) is 25.4 Å². The molecule has 4 heteroatoms. The molecule has 86 valence electrons. The molecule has 1 N–H and O–H groups in total. The molecule has 0 aliphatic carbocycles. The summed E-state index contributed by atoms with van der Waals surface area (Å²) in [6.07, 6.45) is 4.90. The Hall–Kier alpha value is -1.42. The number of aromatic nitrogens is 1. The number of likely N-dealkylation sites (tertiary alicyclic amines) is 1. The molecule has 0 spiro atoms. The molecule has 0 radical (unpaired) electrons. The molecule has 2 heterocycles. The Bertz CT molecular complexity index is 372. The summed E-state index contributed by atoms with van der Waals surface area (Å²) in [5.74, 6) is -0.0248. The van der Waals surface area contributed by atoms with E-state index < -0.39 is 5.60 Å². The number of carbonyl (C=O) groups excluding carboxylic acids is 1. The van der Waals surface area contributed by atoms with Crippen LogP contribution in [0.2, 0.25) is 0 Å². The predicted molar refractivity (Wildman–Crippen MR) is 60.0 cm³/mol. The Morgan fingerprint density at radius 1 is 1.50 bits per heavy atom. The first-order chi connectivity index (χ1) is 7.64. The van der Waals surface area contributed by atoms with Gasteiger partial charge in [0.05, 0.1) is 18.7 Å². The third-order valence-electron chi connectivity index (χ3n) is 2.90. The van der Waals surface area contributed by atoms with Crippen molar-refractivity contribution >= 4 is 5.91 Å². The Morgan fingerprint density at radius 2 is 2.12 bits per heavy atom. The summed E-state index contributed by atoms with van der Waals surface area (Å²) in [4.78, 5) is 17.4. The molecule has 1 aromatic rings. The van der Waals surface area contributed by atoms with E-state index in [9.17, 15) is 9.90 Å². The highest BCUT2D eigenvalue weighted by Crippen LogP contribution is 2.26. The van der Waals surface area contributed by atoms with Gasteiger partial charge in [-0.1, -0.05) is 13.3 Å². The van der Waals surface area contributed by atoms with Crippen molar-refractivity contribution in [3.8, 4) is 0 Å². The van der Waals surface area contributed by atoms with Gasteiger partial charge in [0.25, 0.3) is 5.91 Å². The van der Waals surface area contributed by atoms with Gasteiger partial charge >= 0.3 is 0 Å². The second kappa shape index (κ2) is 4.22. The zero-order valence-corrected chi connectivity index (χ0v) is 9.39. The maximum absolute atomic E-state index is 11.9. The second-order valence-corrected chi connectivity index (χ2v) is 4.37. The van der Waals surface area contributed by atoms with E-state index in [0.29, 0.717) is 18.7 Å². The van der Waals surface area contributed by atoms with Crippen LogP contribution in [-0.2, 0) is 0 Å². The summed E-state index contributed by atoms with van der Waals surface area (Å²) < 4.78 is 0. The lowest BCUT2D eigenvalue weighted by Crippen LogP contribution is -2.63. The normalized spacial score (nSPS) is 18.0. The van der Waals surface area contributed by atoms with E-state index in [1.807, 2.05) is 6.92 Å². The highest BCUT2D eigenvalue weighted by molar-refractivity contribution is 5.94. The number of β-amino-alcohol motifs (C(OH)–C–C–N with tert-alkyl or cyclic N) is 1. The van der Waals surface area contributed by atoms with E-state index >= 15 is 0 Å². The first kappa shape index (κ1) is 11.1. The standard InChI is InChI=1S/C12H16N2O2/c1-2-5-12(16)8-14(9-12)11(15)10-3-6-13-7-4-10/h3-4,6-7,16H,2,5,8-9H2,1H3. The van der Waals surface area contributed by atoms with Crippen LogP contribution in [0.5, 0.6) is 0 Å². The van der Waals surface area contributed by atoms with Crippen LogP contribution in [0.4, 0.5) is 0 Å². The Labute approximate surface area is 94.9 Å². The van der Waals surface area contributed by atoms with Crippen LogP contribution in [0, 0.1) is 0 Å². The fourth-order valence-corrected chi connectivity index (χ4v) is 2.11. The van der Waals surface area contributed by atoms with Gasteiger partial charge in [0.1, 0.15) is 0 Å². The van der Waals surface area contributed by atoms with E-state index in [1.54, 1.807) is 29.4 Å². The zero-order chi connectivity index (χ0) is 11.6. The summed E-state index contributed by atoms with van der Waals surface area (Å²) in [6.45, 7) is 2.93. The minimum Gasteiger partial charge on any atom is -0.386 e. The van der Waals surface area contributed by atoms with E-state index in [4.69, 9.17) is 0 Å². The molecular weight excluding hydrogens is 204 g/mol. The summed E-state index contributed by atoms with van der Waals surface area (Å²) in [5, 5.41) is 9.97. The van der Waals surface area contributed by atoms with Crippen molar-refractivity contribution in [2.75, 3.05) is 13.1 Å². The van der Waals surface area contributed by atoms with Gasteiger partial charge in [-0.15, -0.1) is 0 Å². The predicted octanol–water partition coefficient (Wildman–Crippen LogP) is 1.07. The molecule has 1 aliphatic rings. The Morgan fingerprint density at radius 3 is 2.69 bits per heavy atom. The topological polar surface area (TPSA) is 53.4 Å². The molecule has 4 nitrogen and oxygen atoms in total. The lowest BCUT2D eigenvalue weighted by molar-refractivity contribution is -0.0860. The number of aliphatic hydroxyl groups is 1. The van der Waals surface area contributed by atoms with Gasteiger partial charge in [0, 0.05) is 18.0 Å². The molecule has 1 saturated heterocycles. The average molecular weight is 220 g/mol. The van der Waals surface area contributed by atoms with Gasteiger partial charge < -0.3 is 10.0 Å². The first-order valence-corrected chi connectivity index (χ1v) is 5.56. The van der Waals surface area contributed by atoms with Gasteiger partial charge in [0.2, 0.25) is 0 Å². The molecule has 0 unspecified atom stereocenters. The van der Waals surface area contributed by atoms with Gasteiger partial charge in [-0.2, -0.15) is 0 Å². The molecule has 0 aromatic carbocycles. The molecule has 2 rings (SSSR count). The molecule has 0 saturated carbocycles. The van der Waals surface area contributed by atoms with Gasteiger partial charge in [0.15, 0.2) is 0 Å². The van der Waals surface area contributed by atoms with Crippen LogP contribution in [0.1, 0.15) is 30.1 Å². The summed E-state index contributed by atoms with van der Waals surface area (Å²) in [5.41, 5.74) is -0.0224. The van der Waals surface area contributed by atoms with Crippen LogP contribution in [-0.4, -0.2) is 39.6 Å². The van der Waals surface area contributed by atoms with E-state index in [-0.39, 0.29) is 5.91 Å². The quantitative estimate of drug-likeness (QED) is 0.829. The number of amides is 1. The number of rotatable bonds is 3. The van der Waals surface area contributed by atoms with Crippen molar-refractivity contribution in [2.24, 2.45) is 0 Å². The van der Waals surface area contributed by atoms with Gasteiger partial charge in [-0.3, -0.25) is 9.78 Å². The van der Waals surface area contributed by atoms with Crippen molar-refractivity contribution in [1.29, 1.82) is 0 Å². The third-order valence-corrected chi connectivity index (χ3v) is 2.90. The minimum absolute atomic E-state index is 0.0248. The average Bonchev–Trinajstić information content (AvgIpc) is 2.26. The lowest BCUT2D eigenvalue weighted by Gasteiger charge is -2.46. The fraction of sp³-hybridized carbons (Fsp3) is 0.500. The van der Waals surface area contributed by atoms with Crippen molar-refractivity contribution in [3.63, 3.8) is 0 Å². The zero-order valence-electron chi connectivity index (χ0n) is 9.39. The van der Waals surface area contributed by atoms with Crippen LogP contribution in [0.15, 0.2) is 24.5 Å². The minimum atomic E-state index is -0.655. The van der Waals surface area contributed by atoms with Gasteiger partial charge in [-0.25, -0.2) is 0 Å². The number of pyridine rings is 1. The molecular formula is C12H16N2O2. The second-order valence-electron chi connectivity index (χ2n) is 4.37. The number of hydrogen-bond acceptors (Lipinski definition) is 3. The molecule has 0 atom stereocenters. The summed E-state index contributed by atoms with van der Waals surface area (Å²) >= 11 is 0. The lowest BCUT2D eigenvalue weighted by atomic mass is 9.89. The monoisotopic (exact) mass is 220 g/mol. The molecule has 1 amide bonds. The van der Waals surface area contributed by atoms with E-state index in [2.05, 4.69) is 4.98 Å². The molecule has 1 aliphatic heterocycles. The fourth-order valence-electron chi connectivity index (χ4n) is 2.11. The van der Waals surface area contributed by atoms with E-state index in [1.165, 1.54) is 0 Å². The Balaban J connectivity index is 1.96. The van der Waals surface area contributed by atoms with Crippen LogP contribution < -0.4 is 0 Å². The maximum Gasteiger partial charge on any atom is 0.254 e. The number of nitrogens with zero attached hydrogens (tertiary/aromatic N) is 2. The Kier molecular flexibility index (Phi) is 2.92. The summed E-state index contributed by atoms with van der Waals surface area (Å²) in [6, 6.07) is 3.39. The number of carbonyl (C=O) groups is 1. The largest absolute Gasteiger partial charge is 0.386 e. The maximum atomic E-state index is 11.9. The summed E-state index contributed by atoms with van der Waals surface area (Å²) in [7, 11) is 0. The highest BCUT2D eigenvalue weighted by Gasteiger charge is 2.42. The van der Waals surface area contributed by atoms with Crippen LogP contribution >= 0.6 is 0 Å². The van der Waals surface area contributed by atoms with Crippen LogP contribution in [0.25, 0.3) is 0 Å². The molecule has 1 aromatic heterocycles.